The third-order valence-electron chi connectivity index (χ3n) is 3.12. The summed E-state index contributed by atoms with van der Waals surface area (Å²) in [5.41, 5.74) is 1.61. The van der Waals surface area contributed by atoms with Crippen molar-refractivity contribution >= 4 is 5.97 Å². The number of alkyl halides is 3. The zero-order valence-corrected chi connectivity index (χ0v) is 13.0. The van der Waals surface area contributed by atoms with Crippen molar-refractivity contribution < 1.29 is 32.2 Å². The molecular weight excluding hydrogens is 325 g/mol. The number of methoxy groups -OCH3 is 1. The number of carbonyl (C=O) groups excluding carboxylic acids is 1. The van der Waals surface area contributed by atoms with Crippen LogP contribution in [0.5, 0.6) is 11.5 Å². The molecule has 0 N–H and O–H groups in total. The molecule has 0 saturated heterocycles. The Morgan fingerprint density at radius 2 is 1.67 bits per heavy atom. The lowest BCUT2D eigenvalue weighted by molar-refractivity contribution is -0.274. The second-order valence-corrected chi connectivity index (χ2v) is 4.71. The van der Waals surface area contributed by atoms with E-state index in [1.165, 1.54) is 31.4 Å². The molecule has 0 aliphatic rings. The maximum atomic E-state index is 12.2. The number of hydrogen-bond acceptors (Lipinski definition) is 4. The number of benzene rings is 2. The molecule has 0 aliphatic heterocycles. The fourth-order valence-corrected chi connectivity index (χ4v) is 2.10. The van der Waals surface area contributed by atoms with Crippen LogP contribution in [0.1, 0.15) is 17.3 Å². The molecule has 0 spiro atoms. The third-order valence-corrected chi connectivity index (χ3v) is 3.12. The van der Waals surface area contributed by atoms with Crippen molar-refractivity contribution in [2.45, 2.75) is 13.3 Å². The molecule has 0 aliphatic carbocycles. The summed E-state index contributed by atoms with van der Waals surface area (Å²) >= 11 is 0. The van der Waals surface area contributed by atoms with Gasteiger partial charge in [-0.25, -0.2) is 4.79 Å². The fourth-order valence-electron chi connectivity index (χ4n) is 2.10. The predicted molar refractivity (Wildman–Crippen MR) is 81.1 cm³/mol. The van der Waals surface area contributed by atoms with Crippen LogP contribution in [-0.4, -0.2) is 26.0 Å². The van der Waals surface area contributed by atoms with Gasteiger partial charge >= 0.3 is 12.3 Å². The summed E-state index contributed by atoms with van der Waals surface area (Å²) in [7, 11) is 1.42. The van der Waals surface area contributed by atoms with Crippen LogP contribution in [0.4, 0.5) is 13.2 Å². The van der Waals surface area contributed by atoms with Gasteiger partial charge in [0.05, 0.1) is 13.7 Å². The van der Waals surface area contributed by atoms with Gasteiger partial charge in [-0.15, -0.1) is 13.2 Å². The molecule has 0 unspecified atom stereocenters. The van der Waals surface area contributed by atoms with E-state index in [0.29, 0.717) is 16.9 Å². The van der Waals surface area contributed by atoms with Gasteiger partial charge in [-0.1, -0.05) is 18.2 Å². The van der Waals surface area contributed by atoms with Gasteiger partial charge in [0.1, 0.15) is 17.1 Å². The zero-order chi connectivity index (χ0) is 17.7. The lowest BCUT2D eigenvalue weighted by Gasteiger charge is -2.11. The molecule has 128 valence electrons. The lowest BCUT2D eigenvalue weighted by atomic mass is 10.0. The highest BCUT2D eigenvalue weighted by atomic mass is 19.4. The van der Waals surface area contributed by atoms with Crippen LogP contribution in [0.3, 0.4) is 0 Å². The van der Waals surface area contributed by atoms with Crippen molar-refractivity contribution in [3.8, 4) is 22.6 Å². The fraction of sp³-hybridized carbons (Fsp3) is 0.235. The molecule has 2 aromatic carbocycles. The molecule has 4 nitrogen and oxygen atoms in total. The highest BCUT2D eigenvalue weighted by Gasteiger charge is 2.30. The molecule has 0 heterocycles. The van der Waals surface area contributed by atoms with Crippen LogP contribution in [0, 0.1) is 0 Å². The molecule has 24 heavy (non-hydrogen) atoms. The van der Waals surface area contributed by atoms with E-state index in [9.17, 15) is 18.0 Å². The molecule has 0 amide bonds. The van der Waals surface area contributed by atoms with Crippen LogP contribution in [-0.2, 0) is 4.74 Å². The van der Waals surface area contributed by atoms with E-state index in [4.69, 9.17) is 9.47 Å². The molecule has 0 aromatic heterocycles. The van der Waals surface area contributed by atoms with Crippen LogP contribution in [0.15, 0.2) is 42.5 Å². The summed E-state index contributed by atoms with van der Waals surface area (Å²) in [5, 5.41) is 0. The van der Waals surface area contributed by atoms with E-state index in [0.717, 1.165) is 0 Å². The molecule has 7 heteroatoms. The summed E-state index contributed by atoms with van der Waals surface area (Å²) in [4.78, 5) is 11.8. The van der Waals surface area contributed by atoms with E-state index in [-0.39, 0.29) is 17.9 Å². The van der Waals surface area contributed by atoms with Crippen LogP contribution in [0.25, 0.3) is 11.1 Å². The average molecular weight is 340 g/mol. The normalized spacial score (nSPS) is 11.0. The minimum Gasteiger partial charge on any atom is -0.496 e. The van der Waals surface area contributed by atoms with Crippen molar-refractivity contribution in [2.75, 3.05) is 13.7 Å². The highest BCUT2D eigenvalue weighted by molar-refractivity contribution is 5.93. The van der Waals surface area contributed by atoms with Crippen molar-refractivity contribution in [1.82, 2.24) is 0 Å². The van der Waals surface area contributed by atoms with E-state index in [1.54, 1.807) is 25.1 Å². The zero-order valence-electron chi connectivity index (χ0n) is 13.0. The number of halogens is 3. The SMILES string of the molecule is CCOC(=O)c1ccc(-c2ccc(OC(F)(F)F)cc2)cc1OC. The smallest absolute Gasteiger partial charge is 0.496 e. The average Bonchev–Trinajstić information content (AvgIpc) is 2.53. The standard InChI is InChI=1S/C17H15F3O4/c1-3-23-16(21)14-9-6-12(10-15(14)22-2)11-4-7-13(8-5-11)24-17(18,19)20/h4-10H,3H2,1-2H3. The Hall–Kier alpha value is -2.70. The van der Waals surface area contributed by atoms with Crippen LogP contribution >= 0.6 is 0 Å². The van der Waals surface area contributed by atoms with Gasteiger partial charge in [0.25, 0.3) is 0 Å². The maximum absolute atomic E-state index is 12.2. The monoisotopic (exact) mass is 340 g/mol. The number of carbonyl (C=O) groups is 1. The first-order valence-electron chi connectivity index (χ1n) is 7.05. The van der Waals surface area contributed by atoms with Crippen LogP contribution < -0.4 is 9.47 Å². The van der Waals surface area contributed by atoms with E-state index in [2.05, 4.69) is 4.74 Å². The Kier molecular flexibility index (Phi) is 5.33. The van der Waals surface area contributed by atoms with Crippen molar-refractivity contribution in [2.24, 2.45) is 0 Å². The van der Waals surface area contributed by atoms with Crippen LogP contribution in [0.2, 0.25) is 0 Å². The molecule has 0 saturated carbocycles. The largest absolute Gasteiger partial charge is 0.573 e. The number of hydrogen-bond donors (Lipinski definition) is 0. The summed E-state index contributed by atoms with van der Waals surface area (Å²) in [5.74, 6) is -0.488. The number of rotatable bonds is 5. The minimum absolute atomic E-state index is 0.240. The Morgan fingerprint density at radius 1 is 1.04 bits per heavy atom. The van der Waals surface area contributed by atoms with E-state index in [1.807, 2.05) is 0 Å². The molecular formula is C17H15F3O4. The molecule has 2 rings (SSSR count). The minimum atomic E-state index is -4.73. The first kappa shape index (κ1) is 17.7. The first-order chi connectivity index (χ1) is 11.3. The second kappa shape index (κ2) is 7.25. The van der Waals surface area contributed by atoms with Gasteiger partial charge in [-0.3, -0.25) is 0 Å². The van der Waals surface area contributed by atoms with Crippen molar-refractivity contribution in [3.05, 3.63) is 48.0 Å². The maximum Gasteiger partial charge on any atom is 0.573 e. The Labute approximate surface area is 136 Å². The summed E-state index contributed by atoms with van der Waals surface area (Å²) < 4.78 is 50.4. The Balaban J connectivity index is 2.27. The Morgan fingerprint density at radius 3 is 2.21 bits per heavy atom. The molecule has 0 bridgehead atoms. The summed E-state index contributed by atoms with van der Waals surface area (Å²) in [6.07, 6.45) is -4.73. The van der Waals surface area contributed by atoms with Crippen molar-refractivity contribution in [3.63, 3.8) is 0 Å². The van der Waals surface area contributed by atoms with Crippen molar-refractivity contribution in [1.29, 1.82) is 0 Å². The Bertz CT molecular complexity index is 709. The lowest BCUT2D eigenvalue weighted by Crippen LogP contribution is -2.16. The van der Waals surface area contributed by atoms with Gasteiger partial charge in [0.15, 0.2) is 0 Å². The number of esters is 1. The first-order valence-corrected chi connectivity index (χ1v) is 7.05. The van der Waals surface area contributed by atoms with Gasteiger partial charge in [-0.2, -0.15) is 0 Å². The molecule has 2 aromatic rings. The predicted octanol–water partition coefficient (Wildman–Crippen LogP) is 4.44. The molecule has 0 fully saturated rings. The van der Waals surface area contributed by atoms with Gasteiger partial charge < -0.3 is 14.2 Å². The second-order valence-electron chi connectivity index (χ2n) is 4.71. The summed E-state index contributed by atoms with van der Waals surface area (Å²) in [6, 6.07) is 10.2. The highest BCUT2D eigenvalue weighted by Crippen LogP contribution is 2.30. The summed E-state index contributed by atoms with van der Waals surface area (Å²) in [6.45, 7) is 1.94. The van der Waals surface area contributed by atoms with Gasteiger partial charge in [-0.05, 0) is 42.3 Å². The third kappa shape index (κ3) is 4.41. The number of ether oxygens (including phenoxy) is 3. The molecule has 0 atom stereocenters. The van der Waals surface area contributed by atoms with Gasteiger partial charge in [0.2, 0.25) is 0 Å². The quantitative estimate of drug-likeness (QED) is 0.755. The van der Waals surface area contributed by atoms with E-state index < -0.39 is 12.3 Å². The van der Waals surface area contributed by atoms with Gasteiger partial charge in [0, 0.05) is 0 Å². The molecule has 0 radical (unpaired) electrons. The topological polar surface area (TPSA) is 44.8 Å². The van der Waals surface area contributed by atoms with E-state index >= 15 is 0 Å².